The molecule has 43 heavy (non-hydrogen) atoms. The third-order valence-corrected chi connectivity index (χ3v) is 6.82. The summed E-state index contributed by atoms with van der Waals surface area (Å²) in [7, 11) is 0. The summed E-state index contributed by atoms with van der Waals surface area (Å²) in [5.41, 5.74) is 0.636. The molecule has 8 heteroatoms. The van der Waals surface area contributed by atoms with Gasteiger partial charge < -0.3 is 14.2 Å². The molecule has 228 valence electrons. The summed E-state index contributed by atoms with van der Waals surface area (Å²) in [4.78, 5) is 36.5. The molecule has 0 fully saturated rings. The highest BCUT2D eigenvalue weighted by Crippen LogP contribution is 2.29. The summed E-state index contributed by atoms with van der Waals surface area (Å²) in [6.45, 7) is 5.59. The van der Waals surface area contributed by atoms with Crippen LogP contribution in [-0.2, 0) is 0 Å². The van der Waals surface area contributed by atoms with Crippen molar-refractivity contribution < 1.29 is 28.7 Å². The van der Waals surface area contributed by atoms with E-state index in [-0.39, 0.29) is 16.9 Å². The Morgan fingerprint density at radius 3 is 1.88 bits per heavy atom. The molecule has 3 aromatic carbocycles. The normalized spacial score (nSPS) is 10.9. The van der Waals surface area contributed by atoms with Gasteiger partial charge in [0.2, 0.25) is 5.75 Å². The van der Waals surface area contributed by atoms with Crippen LogP contribution in [0.25, 0.3) is 6.08 Å². The van der Waals surface area contributed by atoms with E-state index in [2.05, 4.69) is 13.8 Å². The molecule has 0 unspecified atom stereocenters. The molecule has 0 saturated heterocycles. The van der Waals surface area contributed by atoms with Gasteiger partial charge in [0.1, 0.15) is 11.5 Å². The molecule has 0 bridgehead atoms. The average molecular weight is 588 g/mol. The van der Waals surface area contributed by atoms with Gasteiger partial charge in [0.05, 0.1) is 23.7 Å². The topological polar surface area (TPSA) is 105 Å². The molecule has 8 nitrogen and oxygen atoms in total. The van der Waals surface area contributed by atoms with Gasteiger partial charge in [-0.15, -0.1) is 0 Å². The van der Waals surface area contributed by atoms with E-state index in [0.29, 0.717) is 19.0 Å². The van der Waals surface area contributed by atoms with Crippen molar-refractivity contribution in [2.75, 3.05) is 13.2 Å². The smallest absolute Gasteiger partial charge is 0.343 e. The van der Waals surface area contributed by atoms with Gasteiger partial charge in [-0.25, -0.2) is 4.79 Å². The first-order chi connectivity index (χ1) is 20.9. The van der Waals surface area contributed by atoms with Crippen molar-refractivity contribution in [3.63, 3.8) is 0 Å². The lowest BCUT2D eigenvalue weighted by Crippen LogP contribution is -2.10. The minimum Gasteiger partial charge on any atom is -0.494 e. The number of hydrogen-bond acceptors (Lipinski definition) is 7. The Bertz CT molecular complexity index is 1350. The van der Waals surface area contributed by atoms with Crippen molar-refractivity contribution in [3.8, 4) is 17.2 Å². The summed E-state index contributed by atoms with van der Waals surface area (Å²) in [5, 5.41) is 11.7. The number of carbonyl (C=O) groups excluding carboxylic acids is 2. The Morgan fingerprint density at radius 2 is 1.26 bits per heavy atom. The second kappa shape index (κ2) is 18.2. The summed E-state index contributed by atoms with van der Waals surface area (Å²) in [5.74, 6) is -0.0139. The van der Waals surface area contributed by atoms with E-state index in [0.717, 1.165) is 49.5 Å². The average Bonchev–Trinajstić information content (AvgIpc) is 3.02. The Hall–Kier alpha value is -4.46. The molecule has 0 N–H and O–H groups in total. The quantitative estimate of drug-likeness (QED) is 0.0262. The molecule has 0 spiro atoms. The van der Waals surface area contributed by atoms with Crippen LogP contribution in [0.2, 0.25) is 0 Å². The van der Waals surface area contributed by atoms with Crippen molar-refractivity contribution in [3.05, 3.63) is 99.6 Å². The van der Waals surface area contributed by atoms with Crippen molar-refractivity contribution in [1.29, 1.82) is 0 Å². The predicted molar refractivity (Wildman–Crippen MR) is 168 cm³/mol. The molecule has 0 aliphatic heterocycles. The number of esters is 1. The monoisotopic (exact) mass is 587 g/mol. The predicted octanol–water partition coefficient (Wildman–Crippen LogP) is 9.02. The fourth-order valence-corrected chi connectivity index (χ4v) is 4.30. The number of allylic oxidation sites excluding steroid dienone is 1. The molecule has 0 heterocycles. The number of rotatable bonds is 19. The zero-order valence-corrected chi connectivity index (χ0v) is 25.1. The fraction of sp³-hybridized carbons (Fsp3) is 0.371. The first kappa shape index (κ1) is 33.0. The summed E-state index contributed by atoms with van der Waals surface area (Å²) < 4.78 is 16.8. The van der Waals surface area contributed by atoms with E-state index in [9.17, 15) is 19.7 Å². The molecule has 0 radical (unpaired) electrons. The Balaban J connectivity index is 1.55. The maximum atomic E-state index is 12.7. The number of unbranched alkanes of at least 4 members (excludes halogenated alkanes) is 7. The molecule has 0 saturated carbocycles. The lowest BCUT2D eigenvalue weighted by atomic mass is 10.1. The van der Waals surface area contributed by atoms with Gasteiger partial charge in [0.15, 0.2) is 5.78 Å². The van der Waals surface area contributed by atoms with Crippen LogP contribution >= 0.6 is 0 Å². The molecule has 0 amide bonds. The van der Waals surface area contributed by atoms with Gasteiger partial charge in [-0.2, -0.15) is 0 Å². The van der Waals surface area contributed by atoms with Crippen LogP contribution in [0.3, 0.4) is 0 Å². The third-order valence-electron chi connectivity index (χ3n) is 6.82. The van der Waals surface area contributed by atoms with Crippen LogP contribution in [0.15, 0.2) is 72.8 Å². The lowest BCUT2D eigenvalue weighted by Gasteiger charge is -2.08. The van der Waals surface area contributed by atoms with Crippen LogP contribution < -0.4 is 14.2 Å². The molecule has 3 rings (SSSR count). The van der Waals surface area contributed by atoms with E-state index in [1.54, 1.807) is 30.3 Å². The molecule has 0 atom stereocenters. The number of ether oxygens (including phenoxy) is 3. The maximum Gasteiger partial charge on any atom is 0.343 e. The number of nitro groups is 1. The number of benzene rings is 3. The minimum absolute atomic E-state index is 0.102. The Kier molecular flexibility index (Phi) is 14.0. The van der Waals surface area contributed by atoms with Gasteiger partial charge in [-0.1, -0.05) is 77.0 Å². The first-order valence-electron chi connectivity index (χ1n) is 15.1. The van der Waals surface area contributed by atoms with Crippen LogP contribution in [0.5, 0.6) is 17.2 Å². The molecule has 3 aromatic rings. The number of hydrogen-bond donors (Lipinski definition) is 0. The summed E-state index contributed by atoms with van der Waals surface area (Å²) in [6.07, 6.45) is 13.2. The van der Waals surface area contributed by atoms with Gasteiger partial charge in [0.25, 0.3) is 0 Å². The molecular formula is C35H41NO7. The van der Waals surface area contributed by atoms with Crippen molar-refractivity contribution in [1.82, 2.24) is 0 Å². The SMILES string of the molecule is CCCCCCCCOc1ccc(C(=O)Oc2ccc(C(=O)/C=C/c3ccc(OCCCCC)cc3)cc2[N+](=O)[O-])cc1. The highest BCUT2D eigenvalue weighted by Gasteiger charge is 2.21. The highest BCUT2D eigenvalue weighted by molar-refractivity contribution is 6.07. The van der Waals surface area contributed by atoms with Crippen molar-refractivity contribution in [2.45, 2.75) is 71.6 Å². The van der Waals surface area contributed by atoms with Crippen molar-refractivity contribution >= 4 is 23.5 Å². The van der Waals surface area contributed by atoms with E-state index in [4.69, 9.17) is 14.2 Å². The van der Waals surface area contributed by atoms with Crippen LogP contribution in [0.4, 0.5) is 5.69 Å². The standard InChI is InChI=1S/C35H41NO7/c1-3-5-7-8-9-11-25-42-31-20-15-28(16-21-31)35(38)43-34-23-17-29(26-32(34)36(39)40)33(37)22-14-27-12-18-30(19-13-27)41-24-10-6-4-2/h12-23,26H,3-11,24-25H2,1-2H3/b22-14+. The van der Waals surface area contributed by atoms with Gasteiger partial charge >= 0.3 is 11.7 Å². The Labute approximate surface area is 253 Å². The fourth-order valence-electron chi connectivity index (χ4n) is 4.30. The van der Waals surface area contributed by atoms with Gasteiger partial charge in [-0.3, -0.25) is 14.9 Å². The first-order valence-corrected chi connectivity index (χ1v) is 15.1. The number of carbonyl (C=O) groups is 2. The zero-order valence-electron chi connectivity index (χ0n) is 25.1. The zero-order chi connectivity index (χ0) is 30.9. The molecule has 0 aliphatic carbocycles. The van der Waals surface area contributed by atoms with Gasteiger partial charge in [-0.05, 0) is 73.0 Å². The van der Waals surface area contributed by atoms with Crippen LogP contribution in [0.1, 0.15) is 97.9 Å². The van der Waals surface area contributed by atoms with E-state index in [1.807, 2.05) is 24.3 Å². The van der Waals surface area contributed by atoms with Crippen LogP contribution in [-0.4, -0.2) is 29.9 Å². The second-order valence-corrected chi connectivity index (χ2v) is 10.3. The number of ketones is 1. The minimum atomic E-state index is -0.748. The largest absolute Gasteiger partial charge is 0.494 e. The van der Waals surface area contributed by atoms with E-state index < -0.39 is 22.4 Å². The number of nitrogens with zero attached hydrogens (tertiary/aromatic N) is 1. The second-order valence-electron chi connectivity index (χ2n) is 10.3. The maximum absolute atomic E-state index is 12.7. The number of nitro benzene ring substituents is 1. The molecule has 0 aliphatic rings. The van der Waals surface area contributed by atoms with E-state index >= 15 is 0 Å². The Morgan fingerprint density at radius 1 is 0.721 bits per heavy atom. The molecular weight excluding hydrogens is 546 g/mol. The van der Waals surface area contributed by atoms with Crippen LogP contribution in [0, 0.1) is 10.1 Å². The van der Waals surface area contributed by atoms with Gasteiger partial charge in [0, 0.05) is 11.6 Å². The van der Waals surface area contributed by atoms with Crippen molar-refractivity contribution in [2.24, 2.45) is 0 Å². The lowest BCUT2D eigenvalue weighted by molar-refractivity contribution is -0.385. The highest BCUT2D eigenvalue weighted by atomic mass is 16.6. The molecule has 0 aromatic heterocycles. The van der Waals surface area contributed by atoms with E-state index in [1.165, 1.54) is 43.9 Å². The third kappa shape index (κ3) is 11.4. The summed E-state index contributed by atoms with van der Waals surface area (Å²) in [6, 6.07) is 17.6. The summed E-state index contributed by atoms with van der Waals surface area (Å²) >= 11 is 0.